The number of esters is 1. The van der Waals surface area contributed by atoms with Crippen LogP contribution in [0.4, 0.5) is 5.69 Å². The molecule has 5 heteroatoms. The number of rotatable bonds is 5. The Morgan fingerprint density at radius 2 is 2.16 bits per heavy atom. The van der Waals surface area contributed by atoms with E-state index in [1.54, 1.807) is 4.90 Å². The number of para-hydroxylation sites is 1. The van der Waals surface area contributed by atoms with E-state index >= 15 is 0 Å². The van der Waals surface area contributed by atoms with E-state index < -0.39 is 17.4 Å². The fraction of sp³-hybridized carbons (Fsp3) is 0.500. The number of hydrogen-bond acceptors (Lipinski definition) is 4. The third-order valence-electron chi connectivity index (χ3n) is 5.48. The predicted molar refractivity (Wildman–Crippen MR) is 93.1 cm³/mol. The lowest BCUT2D eigenvalue weighted by atomic mass is 9.77. The molecular weight excluding hydrogens is 318 g/mol. The lowest BCUT2D eigenvalue weighted by Crippen LogP contribution is -2.40. The molecule has 1 aromatic rings. The number of benzene rings is 1. The maximum atomic E-state index is 13.2. The molecule has 0 aliphatic carbocycles. The van der Waals surface area contributed by atoms with E-state index in [0.717, 1.165) is 24.1 Å². The van der Waals surface area contributed by atoms with Crippen molar-refractivity contribution in [2.24, 2.45) is 11.8 Å². The van der Waals surface area contributed by atoms with Crippen molar-refractivity contribution in [3.05, 3.63) is 42.0 Å². The van der Waals surface area contributed by atoms with Crippen LogP contribution in [0.2, 0.25) is 0 Å². The molecule has 4 rings (SSSR count). The summed E-state index contributed by atoms with van der Waals surface area (Å²) in [5, 5.41) is 0. The Morgan fingerprint density at radius 3 is 2.92 bits per heavy atom. The van der Waals surface area contributed by atoms with Gasteiger partial charge in [-0.15, -0.1) is 0 Å². The van der Waals surface area contributed by atoms with Gasteiger partial charge in [0.15, 0.2) is 0 Å². The summed E-state index contributed by atoms with van der Waals surface area (Å²) in [6.45, 7) is 4.86. The summed E-state index contributed by atoms with van der Waals surface area (Å²) in [7, 11) is 0. The van der Waals surface area contributed by atoms with Crippen LogP contribution in [0.3, 0.4) is 0 Å². The van der Waals surface area contributed by atoms with Gasteiger partial charge in [-0.2, -0.15) is 0 Å². The van der Waals surface area contributed by atoms with Gasteiger partial charge in [-0.1, -0.05) is 44.2 Å². The van der Waals surface area contributed by atoms with Gasteiger partial charge in [0.25, 0.3) is 0 Å². The van der Waals surface area contributed by atoms with Gasteiger partial charge in [-0.3, -0.25) is 9.59 Å². The van der Waals surface area contributed by atoms with Crippen LogP contribution in [-0.2, 0) is 25.5 Å². The second-order valence-corrected chi connectivity index (χ2v) is 6.97. The van der Waals surface area contributed by atoms with E-state index in [1.165, 1.54) is 0 Å². The molecule has 5 nitrogen and oxygen atoms in total. The summed E-state index contributed by atoms with van der Waals surface area (Å²) in [5.41, 5.74) is 1.34. The monoisotopic (exact) mass is 341 g/mol. The Bertz CT molecular complexity index is 743. The van der Waals surface area contributed by atoms with Crippen molar-refractivity contribution in [3.8, 4) is 0 Å². The van der Waals surface area contributed by atoms with E-state index in [1.807, 2.05) is 43.3 Å². The summed E-state index contributed by atoms with van der Waals surface area (Å²) in [6.07, 6.45) is 5.15. The second kappa shape index (κ2) is 5.99. The Morgan fingerprint density at radius 1 is 1.36 bits per heavy atom. The molecule has 0 N–H and O–H groups in total. The topological polar surface area (TPSA) is 55.8 Å². The highest BCUT2D eigenvalue weighted by atomic mass is 16.6. The Hall–Kier alpha value is -2.14. The molecular formula is C20H23NO4. The minimum atomic E-state index is -0.696. The van der Waals surface area contributed by atoms with Gasteiger partial charge in [-0.25, -0.2) is 0 Å². The van der Waals surface area contributed by atoms with Gasteiger partial charge in [0.2, 0.25) is 5.91 Å². The Kier molecular flexibility index (Phi) is 3.91. The highest BCUT2D eigenvalue weighted by Crippen LogP contribution is 2.53. The van der Waals surface area contributed by atoms with Crippen LogP contribution in [0, 0.1) is 11.8 Å². The molecule has 132 valence electrons. The molecule has 1 spiro atoms. The number of ether oxygens (including phenoxy) is 2. The number of anilines is 1. The number of carbonyl (C=O) groups excluding carboxylic acids is 2. The van der Waals surface area contributed by atoms with Crippen molar-refractivity contribution >= 4 is 17.6 Å². The van der Waals surface area contributed by atoms with Crippen molar-refractivity contribution < 1.29 is 19.1 Å². The number of fused-ring (bicyclic) bond motifs is 1. The molecule has 0 radical (unpaired) electrons. The first-order valence-electron chi connectivity index (χ1n) is 9.04. The molecule has 1 amide bonds. The fourth-order valence-corrected chi connectivity index (χ4v) is 4.34. The van der Waals surface area contributed by atoms with Crippen molar-refractivity contribution in [3.63, 3.8) is 0 Å². The van der Waals surface area contributed by atoms with Crippen LogP contribution >= 0.6 is 0 Å². The molecule has 0 saturated carbocycles. The highest BCUT2D eigenvalue weighted by molar-refractivity contribution is 6.03. The van der Waals surface area contributed by atoms with Gasteiger partial charge in [-0.05, 0) is 24.5 Å². The first-order chi connectivity index (χ1) is 12.1. The minimum Gasteiger partial charge on any atom is -0.465 e. The molecule has 2 bridgehead atoms. The molecule has 3 aliphatic rings. The zero-order chi connectivity index (χ0) is 17.6. The average Bonchev–Trinajstić information content (AvgIpc) is 3.28. The standard InChI is InChI=1S/C20H23NO4/c1-3-11-24-19(23)16-15-9-10-20(25-15)12-21(18(22)17(16)20)14-8-6-5-7-13(14)4-2/h5-10,15-17H,3-4,11-12H2,1-2H3/t15-,16+,17-,20?/m1/s1. The number of nitrogens with zero attached hydrogens (tertiary/aromatic N) is 1. The molecule has 4 atom stereocenters. The summed E-state index contributed by atoms with van der Waals surface area (Å²) < 4.78 is 11.5. The fourth-order valence-electron chi connectivity index (χ4n) is 4.34. The normalized spacial score (nSPS) is 32.3. The lowest BCUT2D eigenvalue weighted by Gasteiger charge is -2.23. The molecule has 2 fully saturated rings. The van der Waals surface area contributed by atoms with Crippen LogP contribution in [0.1, 0.15) is 25.8 Å². The third-order valence-corrected chi connectivity index (χ3v) is 5.48. The highest BCUT2D eigenvalue weighted by Gasteiger charge is 2.67. The minimum absolute atomic E-state index is 0.0359. The number of aryl methyl sites for hydroxylation is 1. The van der Waals surface area contributed by atoms with E-state index in [2.05, 4.69) is 6.92 Å². The smallest absolute Gasteiger partial charge is 0.312 e. The first kappa shape index (κ1) is 16.3. The van der Waals surface area contributed by atoms with E-state index in [4.69, 9.17) is 9.47 Å². The number of amides is 1. The van der Waals surface area contributed by atoms with Crippen molar-refractivity contribution in [1.82, 2.24) is 0 Å². The van der Waals surface area contributed by atoms with Gasteiger partial charge < -0.3 is 14.4 Å². The number of hydrogen-bond donors (Lipinski definition) is 0. The Balaban J connectivity index is 1.67. The van der Waals surface area contributed by atoms with Gasteiger partial charge in [0.05, 0.1) is 25.2 Å². The van der Waals surface area contributed by atoms with Crippen LogP contribution in [0.15, 0.2) is 36.4 Å². The number of carbonyl (C=O) groups is 2. The molecule has 1 aromatic carbocycles. The van der Waals surface area contributed by atoms with E-state index in [-0.39, 0.29) is 18.0 Å². The quantitative estimate of drug-likeness (QED) is 0.610. The third kappa shape index (κ3) is 2.33. The van der Waals surface area contributed by atoms with Crippen LogP contribution in [0.25, 0.3) is 0 Å². The maximum Gasteiger partial charge on any atom is 0.312 e. The second-order valence-electron chi connectivity index (χ2n) is 6.97. The van der Waals surface area contributed by atoms with Gasteiger partial charge in [0, 0.05) is 5.69 Å². The SMILES string of the molecule is CCCOC(=O)[C@H]1[C@H]2C=CC3(CN(c4ccccc4CC)C(=O)[C@@H]13)O2. The van der Waals surface area contributed by atoms with Crippen LogP contribution in [-0.4, -0.2) is 36.7 Å². The zero-order valence-electron chi connectivity index (χ0n) is 14.6. The molecule has 0 aromatic heterocycles. The zero-order valence-corrected chi connectivity index (χ0v) is 14.6. The van der Waals surface area contributed by atoms with Crippen molar-refractivity contribution in [2.75, 3.05) is 18.1 Å². The first-order valence-corrected chi connectivity index (χ1v) is 9.04. The average molecular weight is 341 g/mol. The lowest BCUT2D eigenvalue weighted by molar-refractivity contribution is -0.152. The summed E-state index contributed by atoms with van der Waals surface area (Å²) in [4.78, 5) is 27.6. The largest absolute Gasteiger partial charge is 0.465 e. The molecule has 3 aliphatic heterocycles. The van der Waals surface area contributed by atoms with Crippen LogP contribution in [0.5, 0.6) is 0 Å². The van der Waals surface area contributed by atoms with Crippen molar-refractivity contribution in [1.29, 1.82) is 0 Å². The van der Waals surface area contributed by atoms with Crippen molar-refractivity contribution in [2.45, 2.75) is 38.4 Å². The molecule has 1 unspecified atom stereocenters. The summed E-state index contributed by atoms with van der Waals surface area (Å²) in [6, 6.07) is 7.92. The summed E-state index contributed by atoms with van der Waals surface area (Å²) in [5.74, 6) is -1.38. The Labute approximate surface area is 147 Å². The molecule has 3 heterocycles. The molecule has 25 heavy (non-hydrogen) atoms. The van der Waals surface area contributed by atoms with Crippen LogP contribution < -0.4 is 4.90 Å². The van der Waals surface area contributed by atoms with Gasteiger partial charge in [0.1, 0.15) is 11.5 Å². The maximum absolute atomic E-state index is 13.2. The summed E-state index contributed by atoms with van der Waals surface area (Å²) >= 11 is 0. The molecule has 2 saturated heterocycles. The predicted octanol–water partition coefficient (Wildman–Crippen LogP) is 2.49. The van der Waals surface area contributed by atoms with Gasteiger partial charge >= 0.3 is 5.97 Å². The van der Waals surface area contributed by atoms with E-state index in [9.17, 15) is 9.59 Å². The van der Waals surface area contributed by atoms with E-state index in [0.29, 0.717) is 13.2 Å².